The standard InChI is InChI=1S/C17H19BrN2OS/c1-3-21-16-7-5-4-6-15(16)20-17(22)19-12(2)13-8-10-14(18)11-9-13/h4-12H,3H2,1-2H3,(H2,19,20,22). The van der Waals surface area contributed by atoms with Crippen LogP contribution in [-0.2, 0) is 0 Å². The fourth-order valence-electron chi connectivity index (χ4n) is 2.04. The normalized spacial score (nSPS) is 11.6. The van der Waals surface area contributed by atoms with Gasteiger partial charge in [0, 0.05) is 4.47 Å². The quantitative estimate of drug-likeness (QED) is 0.725. The molecule has 1 atom stereocenters. The molecule has 0 aliphatic rings. The molecule has 2 aromatic rings. The SMILES string of the molecule is CCOc1ccccc1NC(=S)NC(C)c1ccc(Br)cc1. The van der Waals surface area contributed by atoms with Gasteiger partial charge >= 0.3 is 0 Å². The highest BCUT2D eigenvalue weighted by Crippen LogP contribution is 2.24. The van der Waals surface area contributed by atoms with Gasteiger partial charge < -0.3 is 15.4 Å². The summed E-state index contributed by atoms with van der Waals surface area (Å²) in [5, 5.41) is 7.05. The van der Waals surface area contributed by atoms with Crippen molar-refractivity contribution in [3.63, 3.8) is 0 Å². The smallest absolute Gasteiger partial charge is 0.171 e. The number of nitrogens with one attached hydrogen (secondary N) is 2. The molecule has 0 bridgehead atoms. The molecule has 0 aromatic heterocycles. The van der Waals surface area contributed by atoms with Gasteiger partial charge in [-0.3, -0.25) is 0 Å². The molecule has 22 heavy (non-hydrogen) atoms. The molecule has 116 valence electrons. The van der Waals surface area contributed by atoms with E-state index in [1.807, 2.05) is 43.3 Å². The second-order valence-electron chi connectivity index (χ2n) is 4.80. The Labute approximate surface area is 145 Å². The average molecular weight is 379 g/mol. The third-order valence-electron chi connectivity index (χ3n) is 3.15. The van der Waals surface area contributed by atoms with Gasteiger partial charge in [0.1, 0.15) is 5.75 Å². The van der Waals surface area contributed by atoms with Crippen molar-refractivity contribution < 1.29 is 4.74 Å². The van der Waals surface area contributed by atoms with Crippen molar-refractivity contribution in [2.45, 2.75) is 19.9 Å². The summed E-state index contributed by atoms with van der Waals surface area (Å²) in [7, 11) is 0. The van der Waals surface area contributed by atoms with E-state index >= 15 is 0 Å². The van der Waals surface area contributed by atoms with Crippen molar-refractivity contribution in [2.24, 2.45) is 0 Å². The molecule has 0 fully saturated rings. The number of hydrogen-bond donors (Lipinski definition) is 2. The molecule has 2 aromatic carbocycles. The highest BCUT2D eigenvalue weighted by atomic mass is 79.9. The van der Waals surface area contributed by atoms with Crippen LogP contribution in [0.25, 0.3) is 0 Å². The van der Waals surface area contributed by atoms with Crippen molar-refractivity contribution in [3.8, 4) is 5.75 Å². The zero-order chi connectivity index (χ0) is 15.9. The minimum absolute atomic E-state index is 0.118. The predicted molar refractivity (Wildman–Crippen MR) is 99.5 cm³/mol. The summed E-state index contributed by atoms with van der Waals surface area (Å²) in [6.07, 6.45) is 0. The van der Waals surface area contributed by atoms with Crippen LogP contribution in [0.3, 0.4) is 0 Å². The van der Waals surface area contributed by atoms with E-state index in [0.29, 0.717) is 11.7 Å². The first-order valence-electron chi connectivity index (χ1n) is 7.15. The molecule has 0 saturated heterocycles. The van der Waals surface area contributed by atoms with Crippen LogP contribution in [0.4, 0.5) is 5.69 Å². The van der Waals surface area contributed by atoms with E-state index < -0.39 is 0 Å². The Morgan fingerprint density at radius 2 is 1.86 bits per heavy atom. The first-order valence-corrected chi connectivity index (χ1v) is 8.35. The van der Waals surface area contributed by atoms with Gasteiger partial charge in [-0.15, -0.1) is 0 Å². The maximum Gasteiger partial charge on any atom is 0.171 e. The molecule has 0 radical (unpaired) electrons. The van der Waals surface area contributed by atoms with Gasteiger partial charge in [0.2, 0.25) is 0 Å². The number of ether oxygens (including phenoxy) is 1. The zero-order valence-electron chi connectivity index (χ0n) is 12.6. The summed E-state index contributed by atoms with van der Waals surface area (Å²) in [5.41, 5.74) is 2.04. The van der Waals surface area contributed by atoms with E-state index in [1.165, 1.54) is 5.56 Å². The molecule has 5 heteroatoms. The largest absolute Gasteiger partial charge is 0.492 e. The average Bonchev–Trinajstić information content (AvgIpc) is 2.50. The molecular weight excluding hydrogens is 360 g/mol. The monoisotopic (exact) mass is 378 g/mol. The van der Waals surface area contributed by atoms with Crippen molar-refractivity contribution >= 4 is 38.9 Å². The van der Waals surface area contributed by atoms with Crippen molar-refractivity contribution in [1.82, 2.24) is 5.32 Å². The van der Waals surface area contributed by atoms with Crippen LogP contribution in [-0.4, -0.2) is 11.7 Å². The lowest BCUT2D eigenvalue weighted by Gasteiger charge is -2.18. The highest BCUT2D eigenvalue weighted by molar-refractivity contribution is 9.10. The van der Waals surface area contributed by atoms with Gasteiger partial charge in [0.05, 0.1) is 18.3 Å². The topological polar surface area (TPSA) is 33.3 Å². The molecule has 2 rings (SSSR count). The van der Waals surface area contributed by atoms with Crippen molar-refractivity contribution in [1.29, 1.82) is 0 Å². The van der Waals surface area contributed by atoms with Crippen molar-refractivity contribution in [2.75, 3.05) is 11.9 Å². The first kappa shape index (κ1) is 16.8. The van der Waals surface area contributed by atoms with Gasteiger partial charge in [-0.2, -0.15) is 0 Å². The highest BCUT2D eigenvalue weighted by Gasteiger charge is 2.09. The summed E-state index contributed by atoms with van der Waals surface area (Å²) in [6, 6.07) is 16.1. The summed E-state index contributed by atoms with van der Waals surface area (Å²) in [4.78, 5) is 0. The molecule has 0 aliphatic carbocycles. The van der Waals surface area contributed by atoms with Crippen LogP contribution in [0.1, 0.15) is 25.5 Å². The maximum atomic E-state index is 5.59. The van der Waals surface area contributed by atoms with Gasteiger partial charge in [-0.05, 0) is 55.9 Å². The Morgan fingerprint density at radius 3 is 2.55 bits per heavy atom. The van der Waals surface area contributed by atoms with E-state index in [-0.39, 0.29) is 6.04 Å². The fourth-order valence-corrected chi connectivity index (χ4v) is 2.59. The van der Waals surface area contributed by atoms with Crippen LogP contribution < -0.4 is 15.4 Å². The second-order valence-corrected chi connectivity index (χ2v) is 6.12. The van der Waals surface area contributed by atoms with Crippen LogP contribution in [0.2, 0.25) is 0 Å². The van der Waals surface area contributed by atoms with E-state index in [0.717, 1.165) is 15.9 Å². The molecule has 3 nitrogen and oxygen atoms in total. The van der Waals surface area contributed by atoms with Crippen molar-refractivity contribution in [3.05, 3.63) is 58.6 Å². The summed E-state index contributed by atoms with van der Waals surface area (Å²) in [5.74, 6) is 0.797. The Hall–Kier alpha value is -1.59. The van der Waals surface area contributed by atoms with Gasteiger partial charge in [0.25, 0.3) is 0 Å². The van der Waals surface area contributed by atoms with E-state index in [2.05, 4.69) is 45.6 Å². The Bertz CT molecular complexity index is 631. The maximum absolute atomic E-state index is 5.59. The summed E-state index contributed by atoms with van der Waals surface area (Å²) < 4.78 is 6.65. The van der Waals surface area contributed by atoms with Crippen LogP contribution in [0.15, 0.2) is 53.0 Å². The lowest BCUT2D eigenvalue weighted by atomic mass is 10.1. The molecule has 0 saturated carbocycles. The third kappa shape index (κ3) is 4.71. The minimum atomic E-state index is 0.118. The zero-order valence-corrected chi connectivity index (χ0v) is 15.0. The fraction of sp³-hybridized carbons (Fsp3) is 0.235. The van der Waals surface area contributed by atoms with Gasteiger partial charge in [-0.1, -0.05) is 40.2 Å². The second kappa shape index (κ2) is 8.15. The van der Waals surface area contributed by atoms with Gasteiger partial charge in [0.15, 0.2) is 5.11 Å². The van der Waals surface area contributed by atoms with Crippen LogP contribution >= 0.6 is 28.1 Å². The van der Waals surface area contributed by atoms with Crippen LogP contribution in [0, 0.1) is 0 Å². The minimum Gasteiger partial charge on any atom is -0.492 e. The number of rotatable bonds is 5. The number of anilines is 1. The lowest BCUT2D eigenvalue weighted by Crippen LogP contribution is -2.31. The molecular formula is C17H19BrN2OS. The number of benzene rings is 2. The predicted octanol–water partition coefficient (Wildman–Crippen LogP) is 4.90. The number of para-hydroxylation sites is 2. The summed E-state index contributed by atoms with van der Waals surface area (Å²) in [6.45, 7) is 4.66. The molecule has 1 unspecified atom stereocenters. The van der Waals surface area contributed by atoms with E-state index in [4.69, 9.17) is 17.0 Å². The summed E-state index contributed by atoms with van der Waals surface area (Å²) >= 11 is 8.83. The molecule has 0 spiro atoms. The Kier molecular flexibility index (Phi) is 6.21. The first-order chi connectivity index (χ1) is 10.6. The Balaban J connectivity index is 1.99. The number of halogens is 1. The lowest BCUT2D eigenvalue weighted by molar-refractivity contribution is 0.342. The third-order valence-corrected chi connectivity index (χ3v) is 3.90. The number of thiocarbonyl (C=S) groups is 1. The van der Waals surface area contributed by atoms with E-state index in [1.54, 1.807) is 0 Å². The molecule has 0 amide bonds. The van der Waals surface area contributed by atoms with Crippen LogP contribution in [0.5, 0.6) is 5.75 Å². The Morgan fingerprint density at radius 1 is 1.18 bits per heavy atom. The van der Waals surface area contributed by atoms with Gasteiger partial charge in [-0.25, -0.2) is 0 Å². The molecule has 0 aliphatic heterocycles. The number of hydrogen-bond acceptors (Lipinski definition) is 2. The molecule has 0 heterocycles. The van der Waals surface area contributed by atoms with E-state index in [9.17, 15) is 0 Å². The molecule has 2 N–H and O–H groups in total.